The SMILES string of the molecule is CCC(N)CSCCC(=O)O. The van der Waals surface area contributed by atoms with Crippen molar-refractivity contribution in [1.29, 1.82) is 0 Å². The van der Waals surface area contributed by atoms with Crippen LogP contribution >= 0.6 is 11.8 Å². The topological polar surface area (TPSA) is 63.3 Å². The molecule has 0 aromatic rings. The van der Waals surface area contributed by atoms with Crippen LogP contribution in [0.25, 0.3) is 0 Å². The fourth-order valence-corrected chi connectivity index (χ4v) is 1.54. The molecule has 0 heterocycles. The molecule has 0 aromatic heterocycles. The van der Waals surface area contributed by atoms with Crippen LogP contribution < -0.4 is 5.73 Å². The molecule has 0 radical (unpaired) electrons. The molecule has 1 unspecified atom stereocenters. The highest BCUT2D eigenvalue weighted by atomic mass is 32.2. The maximum atomic E-state index is 10.1. The molecule has 11 heavy (non-hydrogen) atoms. The van der Waals surface area contributed by atoms with Gasteiger partial charge >= 0.3 is 5.97 Å². The van der Waals surface area contributed by atoms with Crippen LogP contribution in [-0.2, 0) is 4.79 Å². The van der Waals surface area contributed by atoms with Gasteiger partial charge in [0.05, 0.1) is 6.42 Å². The number of carboxylic acid groups (broad SMARTS) is 1. The number of nitrogens with two attached hydrogens (primary N) is 1. The highest BCUT2D eigenvalue weighted by Crippen LogP contribution is 2.05. The van der Waals surface area contributed by atoms with Gasteiger partial charge in [-0.05, 0) is 6.42 Å². The summed E-state index contributed by atoms with van der Waals surface area (Å²) >= 11 is 1.61. The molecule has 0 fully saturated rings. The molecule has 0 saturated heterocycles. The van der Waals surface area contributed by atoms with Gasteiger partial charge in [-0.1, -0.05) is 6.92 Å². The predicted octanol–water partition coefficient (Wildman–Crippen LogP) is 0.932. The Bertz CT molecular complexity index is 119. The van der Waals surface area contributed by atoms with E-state index in [0.717, 1.165) is 12.2 Å². The van der Waals surface area contributed by atoms with Crippen LogP contribution in [0.15, 0.2) is 0 Å². The Hall–Kier alpha value is -0.220. The normalized spacial score (nSPS) is 12.9. The summed E-state index contributed by atoms with van der Waals surface area (Å²) in [7, 11) is 0. The van der Waals surface area contributed by atoms with E-state index in [9.17, 15) is 4.79 Å². The van der Waals surface area contributed by atoms with E-state index in [1.54, 1.807) is 11.8 Å². The fraction of sp³-hybridized carbons (Fsp3) is 0.857. The molecule has 0 rings (SSSR count). The van der Waals surface area contributed by atoms with E-state index in [1.807, 2.05) is 6.92 Å². The molecule has 0 aliphatic carbocycles. The zero-order chi connectivity index (χ0) is 8.69. The maximum Gasteiger partial charge on any atom is 0.304 e. The molecule has 0 saturated carbocycles. The number of rotatable bonds is 6. The number of carbonyl (C=O) groups is 1. The first kappa shape index (κ1) is 10.8. The summed E-state index contributed by atoms with van der Waals surface area (Å²) in [5.41, 5.74) is 5.62. The third-order valence-electron chi connectivity index (χ3n) is 1.32. The number of aliphatic carboxylic acids is 1. The molecular formula is C7H15NO2S. The van der Waals surface area contributed by atoms with Crippen LogP contribution in [0.1, 0.15) is 19.8 Å². The summed E-state index contributed by atoms with van der Waals surface area (Å²) in [6, 6.07) is 0.216. The van der Waals surface area contributed by atoms with Gasteiger partial charge in [0.25, 0.3) is 0 Å². The number of thioether (sulfide) groups is 1. The molecule has 4 heteroatoms. The summed E-state index contributed by atoms with van der Waals surface area (Å²) in [4.78, 5) is 10.1. The van der Waals surface area contributed by atoms with Crippen LogP contribution in [-0.4, -0.2) is 28.6 Å². The lowest BCUT2D eigenvalue weighted by Crippen LogP contribution is -2.21. The van der Waals surface area contributed by atoms with Gasteiger partial charge in [-0.2, -0.15) is 11.8 Å². The first-order valence-electron chi connectivity index (χ1n) is 3.72. The zero-order valence-electron chi connectivity index (χ0n) is 6.75. The van der Waals surface area contributed by atoms with Crippen molar-refractivity contribution in [3.05, 3.63) is 0 Å². The van der Waals surface area contributed by atoms with Gasteiger partial charge in [0, 0.05) is 17.5 Å². The second-order valence-corrected chi connectivity index (χ2v) is 3.54. The van der Waals surface area contributed by atoms with E-state index < -0.39 is 5.97 Å². The highest BCUT2D eigenvalue weighted by Gasteiger charge is 2.00. The lowest BCUT2D eigenvalue weighted by molar-refractivity contribution is -0.136. The van der Waals surface area contributed by atoms with Crippen LogP contribution in [0.2, 0.25) is 0 Å². The minimum Gasteiger partial charge on any atom is -0.481 e. The first-order chi connectivity index (χ1) is 5.16. The Morgan fingerprint density at radius 1 is 1.73 bits per heavy atom. The van der Waals surface area contributed by atoms with Crippen molar-refractivity contribution in [2.45, 2.75) is 25.8 Å². The maximum absolute atomic E-state index is 10.1. The van der Waals surface area contributed by atoms with Gasteiger partial charge in [-0.15, -0.1) is 0 Å². The van der Waals surface area contributed by atoms with E-state index in [4.69, 9.17) is 10.8 Å². The van der Waals surface area contributed by atoms with Crippen molar-refractivity contribution >= 4 is 17.7 Å². The number of hydrogen-bond acceptors (Lipinski definition) is 3. The minimum absolute atomic E-state index is 0.216. The van der Waals surface area contributed by atoms with Crippen LogP contribution in [0.5, 0.6) is 0 Å². The average molecular weight is 177 g/mol. The highest BCUT2D eigenvalue weighted by molar-refractivity contribution is 7.99. The lowest BCUT2D eigenvalue weighted by Gasteiger charge is -2.06. The molecule has 0 aliphatic heterocycles. The van der Waals surface area contributed by atoms with Gasteiger partial charge in [0.1, 0.15) is 0 Å². The van der Waals surface area contributed by atoms with Crippen molar-refractivity contribution in [1.82, 2.24) is 0 Å². The molecule has 0 bridgehead atoms. The van der Waals surface area contributed by atoms with E-state index in [0.29, 0.717) is 5.75 Å². The number of carboxylic acids is 1. The summed E-state index contributed by atoms with van der Waals surface area (Å²) in [6.07, 6.45) is 1.20. The van der Waals surface area contributed by atoms with E-state index >= 15 is 0 Å². The Labute approximate surface area is 71.3 Å². The van der Waals surface area contributed by atoms with Gasteiger partial charge in [0.15, 0.2) is 0 Å². The van der Waals surface area contributed by atoms with Crippen LogP contribution in [0, 0.1) is 0 Å². The largest absolute Gasteiger partial charge is 0.481 e. The summed E-state index contributed by atoms with van der Waals surface area (Å²) < 4.78 is 0. The van der Waals surface area contributed by atoms with E-state index in [-0.39, 0.29) is 12.5 Å². The van der Waals surface area contributed by atoms with E-state index in [2.05, 4.69) is 0 Å². The Morgan fingerprint density at radius 3 is 2.82 bits per heavy atom. The smallest absolute Gasteiger partial charge is 0.304 e. The minimum atomic E-state index is -0.734. The molecular weight excluding hydrogens is 162 g/mol. The Morgan fingerprint density at radius 2 is 2.36 bits per heavy atom. The van der Waals surface area contributed by atoms with Gasteiger partial charge in [-0.3, -0.25) is 4.79 Å². The van der Waals surface area contributed by atoms with Gasteiger partial charge in [-0.25, -0.2) is 0 Å². The molecule has 1 atom stereocenters. The molecule has 0 aromatic carbocycles. The average Bonchev–Trinajstić information content (AvgIpc) is 1.97. The molecule has 0 spiro atoms. The predicted molar refractivity (Wildman–Crippen MR) is 47.8 cm³/mol. The van der Waals surface area contributed by atoms with Gasteiger partial charge < -0.3 is 10.8 Å². The van der Waals surface area contributed by atoms with Crippen LogP contribution in [0.4, 0.5) is 0 Å². The lowest BCUT2D eigenvalue weighted by atomic mass is 10.3. The zero-order valence-corrected chi connectivity index (χ0v) is 7.56. The van der Waals surface area contributed by atoms with Crippen molar-refractivity contribution in [2.24, 2.45) is 5.73 Å². The molecule has 3 nitrogen and oxygen atoms in total. The third-order valence-corrected chi connectivity index (χ3v) is 2.47. The standard InChI is InChI=1S/C7H15NO2S/c1-2-6(8)5-11-4-3-7(9)10/h6H,2-5,8H2,1H3,(H,9,10). The molecule has 66 valence electrons. The second kappa shape index (κ2) is 6.49. The second-order valence-electron chi connectivity index (χ2n) is 2.39. The number of hydrogen-bond donors (Lipinski definition) is 2. The van der Waals surface area contributed by atoms with Crippen molar-refractivity contribution in [3.63, 3.8) is 0 Å². The summed E-state index contributed by atoms with van der Waals surface area (Å²) in [5.74, 6) is 0.801. The first-order valence-corrected chi connectivity index (χ1v) is 4.87. The van der Waals surface area contributed by atoms with Crippen molar-refractivity contribution < 1.29 is 9.90 Å². The fourth-order valence-electron chi connectivity index (χ4n) is 0.512. The Kier molecular flexibility index (Phi) is 6.36. The summed E-state index contributed by atoms with van der Waals surface area (Å²) in [5, 5.41) is 8.29. The summed E-state index contributed by atoms with van der Waals surface area (Å²) in [6.45, 7) is 2.03. The third kappa shape index (κ3) is 7.68. The molecule has 0 aliphatic rings. The van der Waals surface area contributed by atoms with Gasteiger partial charge in [0.2, 0.25) is 0 Å². The molecule has 3 N–H and O–H groups in total. The monoisotopic (exact) mass is 177 g/mol. The van der Waals surface area contributed by atoms with Crippen molar-refractivity contribution in [3.8, 4) is 0 Å². The van der Waals surface area contributed by atoms with E-state index in [1.165, 1.54) is 0 Å². The Balaban J connectivity index is 3.08. The van der Waals surface area contributed by atoms with Crippen molar-refractivity contribution in [2.75, 3.05) is 11.5 Å². The molecule has 0 amide bonds. The quantitative estimate of drug-likeness (QED) is 0.592. The van der Waals surface area contributed by atoms with Crippen LogP contribution in [0.3, 0.4) is 0 Å².